The Labute approximate surface area is 101 Å². The maximum atomic E-state index is 5.89. The Bertz CT molecular complexity index is 484. The molecule has 0 aliphatic heterocycles. The summed E-state index contributed by atoms with van der Waals surface area (Å²) >= 11 is 9.27. The van der Waals surface area contributed by atoms with Gasteiger partial charge in [0, 0.05) is 12.5 Å². The molecule has 0 aromatic carbocycles. The third kappa shape index (κ3) is 2.21. The van der Waals surface area contributed by atoms with E-state index in [-0.39, 0.29) is 0 Å². The number of hydrogen-bond donors (Lipinski definition) is 0. The van der Waals surface area contributed by atoms with Crippen molar-refractivity contribution in [3.8, 4) is 11.5 Å². The van der Waals surface area contributed by atoms with Crippen LogP contribution in [0.15, 0.2) is 27.3 Å². The van der Waals surface area contributed by atoms with E-state index in [1.807, 2.05) is 13.0 Å². The molecule has 0 unspecified atom stereocenters. The Morgan fingerprint density at radius 1 is 1.47 bits per heavy atom. The van der Waals surface area contributed by atoms with Crippen molar-refractivity contribution < 1.29 is 4.42 Å². The molecule has 0 spiro atoms. The normalized spacial score (nSPS) is 10.6. The van der Waals surface area contributed by atoms with Crippen molar-refractivity contribution in [2.45, 2.75) is 13.3 Å². The lowest BCUT2D eigenvalue weighted by atomic mass is 10.3. The van der Waals surface area contributed by atoms with Gasteiger partial charge < -0.3 is 4.42 Å². The average Bonchev–Trinajstić information content (AvgIpc) is 2.63. The molecule has 2 aromatic rings. The van der Waals surface area contributed by atoms with Gasteiger partial charge in [0.25, 0.3) is 0 Å². The number of aryl methyl sites for hydroxylation is 1. The van der Waals surface area contributed by atoms with E-state index in [9.17, 15) is 0 Å². The van der Waals surface area contributed by atoms with E-state index >= 15 is 0 Å². The largest absolute Gasteiger partial charge is 0.461 e. The van der Waals surface area contributed by atoms with Gasteiger partial charge >= 0.3 is 0 Å². The lowest BCUT2D eigenvalue weighted by molar-refractivity contribution is 0.578. The molecule has 0 saturated heterocycles. The van der Waals surface area contributed by atoms with E-state index < -0.39 is 0 Å². The van der Waals surface area contributed by atoms with Crippen molar-refractivity contribution in [2.75, 3.05) is 0 Å². The molecule has 0 radical (unpaired) electrons. The molecule has 78 valence electrons. The van der Waals surface area contributed by atoms with Gasteiger partial charge in [-0.3, -0.25) is 0 Å². The number of furan rings is 1. The second-order valence-electron chi connectivity index (χ2n) is 2.94. The second kappa shape index (κ2) is 4.33. The summed E-state index contributed by atoms with van der Waals surface area (Å²) in [5.41, 5.74) is 0.698. The van der Waals surface area contributed by atoms with E-state index in [0.717, 1.165) is 10.9 Å². The fourth-order valence-electron chi connectivity index (χ4n) is 1.22. The van der Waals surface area contributed by atoms with Crippen LogP contribution in [0.3, 0.4) is 0 Å². The Kier molecular flexibility index (Phi) is 3.07. The van der Waals surface area contributed by atoms with Crippen LogP contribution in [0.1, 0.15) is 12.7 Å². The van der Waals surface area contributed by atoms with Crippen LogP contribution in [0.4, 0.5) is 0 Å². The molecule has 2 aromatic heterocycles. The maximum absolute atomic E-state index is 5.89. The summed E-state index contributed by atoms with van der Waals surface area (Å²) in [6.07, 6.45) is 2.34. The first-order valence-corrected chi connectivity index (χ1v) is 5.64. The zero-order valence-electron chi connectivity index (χ0n) is 8.00. The van der Waals surface area contributed by atoms with Crippen LogP contribution in [0.25, 0.3) is 11.5 Å². The highest BCUT2D eigenvalue weighted by Crippen LogP contribution is 2.28. The second-order valence-corrected chi connectivity index (χ2v) is 4.18. The van der Waals surface area contributed by atoms with Crippen molar-refractivity contribution in [2.24, 2.45) is 0 Å². The van der Waals surface area contributed by atoms with E-state index in [0.29, 0.717) is 22.4 Å². The van der Waals surface area contributed by atoms with Crippen LogP contribution in [-0.2, 0) is 6.42 Å². The first kappa shape index (κ1) is 10.6. The zero-order chi connectivity index (χ0) is 10.8. The smallest absolute Gasteiger partial charge is 0.166 e. The fraction of sp³-hybridized carbons (Fsp3) is 0.200. The van der Waals surface area contributed by atoms with E-state index in [2.05, 4.69) is 25.9 Å². The van der Waals surface area contributed by atoms with Crippen LogP contribution in [-0.4, -0.2) is 9.97 Å². The maximum Gasteiger partial charge on any atom is 0.166 e. The van der Waals surface area contributed by atoms with Gasteiger partial charge in [0.05, 0.1) is 10.7 Å². The molecule has 0 aliphatic carbocycles. The number of rotatable bonds is 2. The van der Waals surface area contributed by atoms with Gasteiger partial charge in [-0.15, -0.1) is 0 Å². The quantitative estimate of drug-likeness (QED) is 0.790. The highest BCUT2D eigenvalue weighted by molar-refractivity contribution is 9.10. The minimum Gasteiger partial charge on any atom is -0.461 e. The Morgan fingerprint density at radius 2 is 2.27 bits per heavy atom. The summed E-state index contributed by atoms with van der Waals surface area (Å²) < 4.78 is 6.17. The minimum absolute atomic E-state index is 0.431. The van der Waals surface area contributed by atoms with Crippen molar-refractivity contribution in [1.29, 1.82) is 0 Å². The topological polar surface area (TPSA) is 38.9 Å². The average molecular weight is 288 g/mol. The van der Waals surface area contributed by atoms with Crippen LogP contribution >= 0.6 is 27.5 Å². The summed E-state index contributed by atoms with van der Waals surface area (Å²) in [6.45, 7) is 1.98. The third-order valence-corrected chi connectivity index (χ3v) is 2.73. The molecule has 0 atom stereocenters. The molecule has 0 amide bonds. The van der Waals surface area contributed by atoms with Gasteiger partial charge in [0.15, 0.2) is 5.76 Å². The predicted octanol–water partition coefficient (Wildman–Crippen LogP) is 3.71. The van der Waals surface area contributed by atoms with Gasteiger partial charge in [-0.05, 0) is 22.0 Å². The monoisotopic (exact) mass is 286 g/mol. The van der Waals surface area contributed by atoms with Crippen LogP contribution in [0.5, 0.6) is 0 Å². The van der Waals surface area contributed by atoms with Crippen molar-refractivity contribution >= 4 is 27.5 Å². The summed E-state index contributed by atoms with van der Waals surface area (Å²) in [4.78, 5) is 8.43. The number of hydrogen-bond acceptors (Lipinski definition) is 3. The number of nitrogens with zero attached hydrogens (tertiary/aromatic N) is 2. The molecule has 15 heavy (non-hydrogen) atoms. The van der Waals surface area contributed by atoms with E-state index in [4.69, 9.17) is 16.0 Å². The molecule has 3 nitrogen and oxygen atoms in total. The highest BCUT2D eigenvalue weighted by atomic mass is 79.9. The first-order valence-electron chi connectivity index (χ1n) is 4.47. The summed E-state index contributed by atoms with van der Waals surface area (Å²) in [7, 11) is 0. The SMILES string of the molecule is CCc1nc(Cl)cc(-c2occc2Br)n1. The summed E-state index contributed by atoms with van der Waals surface area (Å²) in [5.74, 6) is 1.38. The van der Waals surface area contributed by atoms with Crippen molar-refractivity contribution in [3.63, 3.8) is 0 Å². The molecular formula is C10H8BrClN2O. The summed E-state index contributed by atoms with van der Waals surface area (Å²) in [5, 5.41) is 0.431. The molecule has 0 aliphatic rings. The van der Waals surface area contributed by atoms with Crippen molar-refractivity contribution in [3.05, 3.63) is 33.8 Å². The zero-order valence-corrected chi connectivity index (χ0v) is 10.3. The molecule has 0 saturated carbocycles. The predicted molar refractivity (Wildman–Crippen MR) is 61.8 cm³/mol. The molecule has 2 heterocycles. The van der Waals surface area contributed by atoms with Gasteiger partial charge in [-0.2, -0.15) is 0 Å². The molecule has 0 N–H and O–H groups in total. The minimum atomic E-state index is 0.431. The molecule has 0 bridgehead atoms. The van der Waals surface area contributed by atoms with Crippen LogP contribution in [0.2, 0.25) is 5.15 Å². The Hall–Kier alpha value is -0.870. The first-order chi connectivity index (χ1) is 7.20. The standard InChI is InChI=1S/C10H8BrClN2O/c1-2-9-13-7(5-8(12)14-9)10-6(11)3-4-15-10/h3-5H,2H2,1H3. The molecule has 2 rings (SSSR count). The van der Waals surface area contributed by atoms with Gasteiger partial charge in [-0.25, -0.2) is 9.97 Å². The van der Waals surface area contributed by atoms with E-state index in [1.54, 1.807) is 12.3 Å². The van der Waals surface area contributed by atoms with Gasteiger partial charge in [0.2, 0.25) is 0 Å². The summed E-state index contributed by atoms with van der Waals surface area (Å²) in [6, 6.07) is 3.50. The van der Waals surface area contributed by atoms with Crippen molar-refractivity contribution in [1.82, 2.24) is 9.97 Å². The molecule has 0 fully saturated rings. The third-order valence-electron chi connectivity index (χ3n) is 1.91. The number of aromatic nitrogens is 2. The van der Waals surface area contributed by atoms with Crippen LogP contribution < -0.4 is 0 Å². The van der Waals surface area contributed by atoms with Gasteiger partial charge in [-0.1, -0.05) is 18.5 Å². The van der Waals surface area contributed by atoms with Crippen LogP contribution in [0, 0.1) is 0 Å². The lowest BCUT2D eigenvalue weighted by Gasteiger charge is -2.01. The van der Waals surface area contributed by atoms with Gasteiger partial charge in [0.1, 0.15) is 16.7 Å². The number of halogens is 2. The Balaban J connectivity index is 2.53. The lowest BCUT2D eigenvalue weighted by Crippen LogP contribution is -1.95. The molecule has 5 heteroatoms. The Morgan fingerprint density at radius 3 is 2.87 bits per heavy atom. The fourth-order valence-corrected chi connectivity index (χ4v) is 1.82. The highest BCUT2D eigenvalue weighted by Gasteiger charge is 2.10. The van der Waals surface area contributed by atoms with E-state index in [1.165, 1.54) is 0 Å². The molecular weight excluding hydrogens is 279 g/mol.